The number of fused-ring (bicyclic) bond motifs is 1. The van der Waals surface area contributed by atoms with Gasteiger partial charge in [-0.3, -0.25) is 9.69 Å². The summed E-state index contributed by atoms with van der Waals surface area (Å²) in [6.45, 7) is 15.8. The molecule has 232 valence electrons. The van der Waals surface area contributed by atoms with E-state index in [9.17, 15) is 9.18 Å². The molecule has 10 heteroatoms. The van der Waals surface area contributed by atoms with E-state index in [2.05, 4.69) is 53.1 Å². The summed E-state index contributed by atoms with van der Waals surface area (Å²) < 4.78 is 20.8. The lowest BCUT2D eigenvalue weighted by Crippen LogP contribution is -2.73. The summed E-state index contributed by atoms with van der Waals surface area (Å²) in [5, 5.41) is 9.14. The Labute approximate surface area is 254 Å². The van der Waals surface area contributed by atoms with Crippen molar-refractivity contribution in [3.63, 3.8) is 0 Å². The average molecular weight is 593 g/mol. The van der Waals surface area contributed by atoms with Gasteiger partial charge in [-0.25, -0.2) is 9.37 Å². The third kappa shape index (κ3) is 6.76. The van der Waals surface area contributed by atoms with E-state index in [0.29, 0.717) is 40.9 Å². The number of ether oxygens (including phenoxy) is 1. The van der Waals surface area contributed by atoms with Crippen molar-refractivity contribution in [2.75, 3.05) is 51.3 Å². The number of hydrogen-bond donors (Lipinski definition) is 3. The molecule has 3 atom stereocenters. The standard InChI is InChI=1S/C33H46FN7O2/c1-7-33(8-2)19-40(20-33)11-12-43-32-36-16-27-29(41-17-21(3)37-22(4)18-41)10-9-26(30(27)39-32)31(42)38-25-13-24(15-35-6)23(5)28(34)14-25/h9-10,13-16,21-23,35,37H,7-8,11-12,17-20H2,1-6H3,(H,38,42)/p+1/b24-15-/t21-,22+,23?. The number of carbonyl (C=O) groups is 1. The number of aromatic nitrogens is 2. The number of allylic oxidation sites excluding steroid dienone is 4. The summed E-state index contributed by atoms with van der Waals surface area (Å²) in [5.74, 6) is -1.00. The van der Waals surface area contributed by atoms with Gasteiger partial charge in [0.25, 0.3) is 5.91 Å². The molecule has 1 unspecified atom stereocenters. The summed E-state index contributed by atoms with van der Waals surface area (Å²) in [6, 6.07) is 4.65. The zero-order valence-corrected chi connectivity index (χ0v) is 26.4. The van der Waals surface area contributed by atoms with Crippen molar-refractivity contribution in [1.82, 2.24) is 25.5 Å². The van der Waals surface area contributed by atoms with Crippen LogP contribution in [-0.2, 0) is 0 Å². The molecule has 0 spiro atoms. The number of benzene rings is 1. The van der Waals surface area contributed by atoms with Crippen LogP contribution < -0.4 is 25.6 Å². The van der Waals surface area contributed by atoms with E-state index in [1.807, 2.05) is 37.6 Å². The summed E-state index contributed by atoms with van der Waals surface area (Å²) in [4.78, 5) is 27.7. The van der Waals surface area contributed by atoms with Crippen molar-refractivity contribution in [2.45, 2.75) is 59.5 Å². The molecule has 43 heavy (non-hydrogen) atoms. The Bertz CT molecular complexity index is 1420. The predicted molar refractivity (Wildman–Crippen MR) is 169 cm³/mol. The van der Waals surface area contributed by atoms with E-state index in [1.54, 1.807) is 12.3 Å². The van der Waals surface area contributed by atoms with Crippen LogP contribution in [0.3, 0.4) is 0 Å². The number of nitrogens with one attached hydrogen (secondary N) is 2. The van der Waals surface area contributed by atoms with Crippen LogP contribution in [-0.4, -0.2) is 79.2 Å². The molecular weight excluding hydrogens is 545 g/mol. The Morgan fingerprint density at radius 2 is 1.91 bits per heavy atom. The van der Waals surface area contributed by atoms with Gasteiger partial charge in [-0.2, -0.15) is 4.98 Å². The van der Waals surface area contributed by atoms with E-state index < -0.39 is 0 Å². The van der Waals surface area contributed by atoms with Gasteiger partial charge in [0.15, 0.2) is 0 Å². The maximum absolute atomic E-state index is 14.7. The highest BCUT2D eigenvalue weighted by Crippen LogP contribution is 2.37. The first-order chi connectivity index (χ1) is 20.6. The van der Waals surface area contributed by atoms with Crippen LogP contribution >= 0.6 is 0 Å². The van der Waals surface area contributed by atoms with E-state index in [-0.39, 0.29) is 23.7 Å². The van der Waals surface area contributed by atoms with Crippen molar-refractivity contribution in [3.8, 4) is 6.01 Å². The number of likely N-dealkylation sites (tertiary alicyclic amines) is 1. The Balaban J connectivity index is 1.41. The minimum Gasteiger partial charge on any atom is -0.462 e. The molecule has 0 saturated carbocycles. The first-order valence-corrected chi connectivity index (χ1v) is 15.7. The maximum atomic E-state index is 14.7. The van der Waals surface area contributed by atoms with Crippen LogP contribution in [0.2, 0.25) is 0 Å². The van der Waals surface area contributed by atoms with Crippen LogP contribution in [0.5, 0.6) is 6.01 Å². The normalized spacial score (nSPS) is 24.9. The van der Waals surface area contributed by atoms with Gasteiger partial charge in [-0.15, -0.1) is 0 Å². The topological polar surface area (TPSA) is 99.2 Å². The molecule has 1 aliphatic carbocycles. The molecule has 3 aliphatic rings. The molecule has 2 aromatic rings. The van der Waals surface area contributed by atoms with E-state index >= 15 is 0 Å². The second-order valence-corrected chi connectivity index (χ2v) is 12.5. The number of piperazine rings is 1. The lowest BCUT2D eigenvalue weighted by molar-refractivity contribution is -0.557. The van der Waals surface area contributed by atoms with Gasteiger partial charge < -0.3 is 25.6 Å². The Kier molecular flexibility index (Phi) is 9.48. The number of hydrogen-bond acceptors (Lipinski definition) is 7. The van der Waals surface area contributed by atoms with E-state index in [1.165, 1.54) is 18.9 Å². The zero-order chi connectivity index (χ0) is 30.7. The Hall–Kier alpha value is -3.34. The molecule has 1 aromatic heterocycles. The molecule has 4 N–H and O–H groups in total. The molecule has 2 aliphatic heterocycles. The quantitative estimate of drug-likeness (QED) is 0.388. The summed E-state index contributed by atoms with van der Waals surface area (Å²) >= 11 is 0. The van der Waals surface area contributed by atoms with E-state index in [0.717, 1.165) is 49.4 Å². The van der Waals surface area contributed by atoms with E-state index in [4.69, 9.17) is 9.72 Å². The largest absolute Gasteiger partial charge is 0.462 e. The molecule has 0 radical (unpaired) electrons. The predicted octanol–water partition coefficient (Wildman–Crippen LogP) is 3.51. The zero-order valence-electron chi connectivity index (χ0n) is 26.4. The average Bonchev–Trinajstić information content (AvgIpc) is 2.96. The van der Waals surface area contributed by atoms with Gasteiger partial charge >= 0.3 is 6.01 Å². The van der Waals surface area contributed by atoms with Crippen molar-refractivity contribution in [3.05, 3.63) is 59.3 Å². The van der Waals surface area contributed by atoms with Crippen molar-refractivity contribution >= 4 is 22.5 Å². The monoisotopic (exact) mass is 592 g/mol. The Morgan fingerprint density at radius 3 is 2.58 bits per heavy atom. The number of nitrogens with zero attached hydrogens (tertiary/aromatic N) is 4. The fourth-order valence-electron chi connectivity index (χ4n) is 6.60. The van der Waals surface area contributed by atoms with Gasteiger partial charge in [-0.05, 0) is 56.4 Å². The molecule has 0 bridgehead atoms. The van der Waals surface area contributed by atoms with Crippen LogP contribution in [0.25, 0.3) is 10.9 Å². The Morgan fingerprint density at radius 1 is 1.19 bits per heavy atom. The minimum atomic E-state index is -0.357. The molecule has 2 fully saturated rings. The SMILES string of the molecule is CCC1(CC)CN(CCOc2ncc3c(N4C[C@@H](C)N[C@@H](C)C4)ccc(C(=O)NC4=C/C(=C/[NH2+]C)C(C)C(F)=C4)c3n2)C1. The number of carbonyl (C=O) groups excluding carboxylic acids is 1. The summed E-state index contributed by atoms with van der Waals surface area (Å²) in [7, 11) is 1.89. The number of quaternary nitrogens is 1. The van der Waals surface area contributed by atoms with Crippen LogP contribution in [0.4, 0.5) is 10.1 Å². The molecule has 1 aromatic carbocycles. The highest BCUT2D eigenvalue weighted by molar-refractivity contribution is 6.09. The first kappa shape index (κ1) is 31.1. The van der Waals surface area contributed by atoms with Gasteiger partial charge in [0, 0.05) is 79.3 Å². The lowest BCUT2D eigenvalue weighted by atomic mass is 9.75. The van der Waals surface area contributed by atoms with Crippen molar-refractivity contribution in [2.24, 2.45) is 11.3 Å². The molecule has 9 nitrogen and oxygen atoms in total. The third-order valence-electron chi connectivity index (χ3n) is 9.25. The van der Waals surface area contributed by atoms with Crippen molar-refractivity contribution < 1.29 is 19.2 Å². The highest BCUT2D eigenvalue weighted by atomic mass is 19.1. The molecular formula is C33H47FN7O2+. The molecule has 3 heterocycles. The third-order valence-corrected chi connectivity index (χ3v) is 9.25. The summed E-state index contributed by atoms with van der Waals surface area (Å²) in [6.07, 6.45) is 9.23. The molecule has 5 rings (SSSR count). The van der Waals surface area contributed by atoms with Gasteiger partial charge in [-0.1, -0.05) is 20.8 Å². The van der Waals surface area contributed by atoms with Crippen LogP contribution in [0, 0.1) is 11.3 Å². The highest BCUT2D eigenvalue weighted by Gasteiger charge is 2.39. The van der Waals surface area contributed by atoms with Crippen LogP contribution in [0.15, 0.2) is 53.8 Å². The maximum Gasteiger partial charge on any atom is 0.316 e. The van der Waals surface area contributed by atoms with Crippen LogP contribution in [0.1, 0.15) is 57.8 Å². The van der Waals surface area contributed by atoms with Gasteiger partial charge in [0.2, 0.25) is 0 Å². The first-order valence-electron chi connectivity index (χ1n) is 15.7. The molecule has 1 amide bonds. The lowest BCUT2D eigenvalue weighted by Gasteiger charge is -2.49. The number of anilines is 1. The van der Waals surface area contributed by atoms with Crippen molar-refractivity contribution in [1.29, 1.82) is 0 Å². The number of rotatable bonds is 10. The van der Waals surface area contributed by atoms with Gasteiger partial charge in [0.05, 0.1) is 24.3 Å². The fraction of sp³-hybridized carbons (Fsp3) is 0.545. The number of nitrogens with two attached hydrogens (primary N) is 1. The minimum absolute atomic E-state index is 0.249. The number of amides is 1. The van der Waals surface area contributed by atoms with Gasteiger partial charge in [0.1, 0.15) is 12.4 Å². The summed E-state index contributed by atoms with van der Waals surface area (Å²) in [5.41, 5.74) is 3.54. The fourth-order valence-corrected chi connectivity index (χ4v) is 6.60. The molecule has 2 saturated heterocycles. The number of halogens is 1. The second-order valence-electron chi connectivity index (χ2n) is 12.5. The second kappa shape index (κ2) is 13.1. The smallest absolute Gasteiger partial charge is 0.316 e.